The SMILES string of the molecule is CCN(c1ccccc1)S(=O)(=O)c1ccc(NC(=O)c2ccc(OCC3CCCO3)cc2)cc1. The lowest BCUT2D eigenvalue weighted by Crippen LogP contribution is -2.30. The van der Waals surface area contributed by atoms with Crippen LogP contribution in [0.2, 0.25) is 0 Å². The molecule has 1 heterocycles. The number of nitrogens with zero attached hydrogens (tertiary/aromatic N) is 1. The van der Waals surface area contributed by atoms with E-state index in [0.29, 0.717) is 35.8 Å². The molecule has 0 saturated carbocycles. The van der Waals surface area contributed by atoms with E-state index >= 15 is 0 Å². The molecule has 1 N–H and O–H groups in total. The van der Waals surface area contributed by atoms with Gasteiger partial charge in [0.05, 0.1) is 16.7 Å². The molecule has 178 valence electrons. The molecule has 3 aromatic rings. The lowest BCUT2D eigenvalue weighted by molar-refractivity contribution is 0.0679. The monoisotopic (exact) mass is 480 g/mol. The first-order chi connectivity index (χ1) is 16.5. The average Bonchev–Trinajstić information content (AvgIpc) is 3.38. The van der Waals surface area contributed by atoms with Crippen molar-refractivity contribution < 1.29 is 22.7 Å². The number of para-hydroxylation sites is 1. The molecule has 0 aliphatic carbocycles. The minimum atomic E-state index is -3.72. The van der Waals surface area contributed by atoms with Crippen LogP contribution in [-0.4, -0.2) is 40.2 Å². The van der Waals surface area contributed by atoms with Gasteiger partial charge in [-0.15, -0.1) is 0 Å². The molecule has 0 bridgehead atoms. The second-order valence-electron chi connectivity index (χ2n) is 7.95. The van der Waals surface area contributed by atoms with Crippen molar-refractivity contribution in [2.24, 2.45) is 0 Å². The number of carbonyl (C=O) groups excluding carboxylic acids is 1. The highest BCUT2D eigenvalue weighted by atomic mass is 32.2. The Labute approximate surface area is 200 Å². The predicted octanol–water partition coefficient (Wildman–Crippen LogP) is 4.71. The topological polar surface area (TPSA) is 84.9 Å². The Morgan fingerprint density at radius 1 is 1.03 bits per heavy atom. The van der Waals surface area contributed by atoms with Crippen LogP contribution in [0.4, 0.5) is 11.4 Å². The second kappa shape index (κ2) is 10.7. The number of amides is 1. The van der Waals surface area contributed by atoms with Gasteiger partial charge in [0.2, 0.25) is 0 Å². The molecule has 7 nitrogen and oxygen atoms in total. The summed E-state index contributed by atoms with van der Waals surface area (Å²) in [5, 5.41) is 2.80. The minimum Gasteiger partial charge on any atom is -0.491 e. The Hall–Kier alpha value is -3.36. The molecule has 3 aromatic carbocycles. The summed E-state index contributed by atoms with van der Waals surface area (Å²) in [6.45, 7) is 3.38. The second-order valence-corrected chi connectivity index (χ2v) is 9.82. The van der Waals surface area contributed by atoms with Crippen LogP contribution in [0, 0.1) is 0 Å². The van der Waals surface area contributed by atoms with Crippen molar-refractivity contribution in [3.05, 3.63) is 84.4 Å². The molecule has 1 fully saturated rings. The number of nitrogens with one attached hydrogen (secondary N) is 1. The highest BCUT2D eigenvalue weighted by Crippen LogP contribution is 2.24. The zero-order valence-electron chi connectivity index (χ0n) is 19.0. The van der Waals surface area contributed by atoms with Crippen LogP contribution in [0.3, 0.4) is 0 Å². The van der Waals surface area contributed by atoms with Gasteiger partial charge >= 0.3 is 0 Å². The Morgan fingerprint density at radius 3 is 2.35 bits per heavy atom. The van der Waals surface area contributed by atoms with Gasteiger partial charge in [-0.25, -0.2) is 8.42 Å². The molecule has 0 radical (unpaired) electrons. The Balaban J connectivity index is 1.38. The van der Waals surface area contributed by atoms with E-state index in [4.69, 9.17) is 9.47 Å². The lowest BCUT2D eigenvalue weighted by Gasteiger charge is -2.23. The number of anilines is 2. The Morgan fingerprint density at radius 2 is 1.74 bits per heavy atom. The third-order valence-corrected chi connectivity index (χ3v) is 7.53. The van der Waals surface area contributed by atoms with Gasteiger partial charge in [-0.3, -0.25) is 9.10 Å². The van der Waals surface area contributed by atoms with Crippen LogP contribution in [-0.2, 0) is 14.8 Å². The molecular weight excluding hydrogens is 452 g/mol. The summed E-state index contributed by atoms with van der Waals surface area (Å²) in [4.78, 5) is 12.8. The van der Waals surface area contributed by atoms with Gasteiger partial charge in [0, 0.05) is 24.4 Å². The summed E-state index contributed by atoms with van der Waals surface area (Å²) in [6.07, 6.45) is 2.19. The fourth-order valence-corrected chi connectivity index (χ4v) is 5.27. The molecule has 0 spiro atoms. The van der Waals surface area contributed by atoms with Crippen molar-refractivity contribution >= 4 is 27.3 Å². The van der Waals surface area contributed by atoms with Gasteiger partial charge in [0.25, 0.3) is 15.9 Å². The van der Waals surface area contributed by atoms with Crippen molar-refractivity contribution in [1.82, 2.24) is 0 Å². The number of hydrogen-bond donors (Lipinski definition) is 1. The fraction of sp³-hybridized carbons (Fsp3) is 0.269. The van der Waals surface area contributed by atoms with Crippen molar-refractivity contribution in [1.29, 1.82) is 0 Å². The highest BCUT2D eigenvalue weighted by Gasteiger charge is 2.23. The van der Waals surface area contributed by atoms with Crippen LogP contribution in [0.1, 0.15) is 30.1 Å². The molecule has 1 aliphatic heterocycles. The first kappa shape index (κ1) is 23.8. The standard InChI is InChI=1S/C26H28N2O5S/c1-2-28(22-7-4-3-5-8-22)34(30,31)25-16-12-21(13-17-25)27-26(29)20-10-14-23(15-11-20)33-19-24-9-6-18-32-24/h3-5,7-8,10-17,24H,2,6,9,18-19H2,1H3,(H,27,29). The van der Waals surface area contributed by atoms with Crippen molar-refractivity contribution in [2.45, 2.75) is 30.8 Å². The predicted molar refractivity (Wildman–Crippen MR) is 132 cm³/mol. The molecule has 1 unspecified atom stereocenters. The smallest absolute Gasteiger partial charge is 0.264 e. The van der Waals surface area contributed by atoms with Gasteiger partial charge in [0.1, 0.15) is 12.4 Å². The minimum absolute atomic E-state index is 0.131. The van der Waals surface area contributed by atoms with E-state index in [1.165, 1.54) is 16.4 Å². The molecule has 1 aliphatic rings. The summed E-state index contributed by atoms with van der Waals surface area (Å²) in [5.74, 6) is 0.390. The summed E-state index contributed by atoms with van der Waals surface area (Å²) >= 11 is 0. The van der Waals surface area contributed by atoms with Crippen LogP contribution < -0.4 is 14.4 Å². The third-order valence-electron chi connectivity index (χ3n) is 5.61. The van der Waals surface area contributed by atoms with E-state index < -0.39 is 10.0 Å². The molecule has 0 aromatic heterocycles. The molecule has 4 rings (SSSR count). The maximum Gasteiger partial charge on any atom is 0.264 e. The number of carbonyl (C=O) groups is 1. The molecule has 34 heavy (non-hydrogen) atoms. The number of ether oxygens (including phenoxy) is 2. The average molecular weight is 481 g/mol. The largest absolute Gasteiger partial charge is 0.491 e. The zero-order valence-corrected chi connectivity index (χ0v) is 19.8. The normalized spacial score (nSPS) is 15.6. The van der Waals surface area contributed by atoms with Gasteiger partial charge < -0.3 is 14.8 Å². The lowest BCUT2D eigenvalue weighted by atomic mass is 10.2. The van der Waals surface area contributed by atoms with E-state index in [1.807, 2.05) is 6.07 Å². The third kappa shape index (κ3) is 5.58. The molecule has 1 atom stereocenters. The van der Waals surface area contributed by atoms with Crippen molar-refractivity contribution in [3.63, 3.8) is 0 Å². The van der Waals surface area contributed by atoms with Gasteiger partial charge in [-0.05, 0) is 80.4 Å². The summed E-state index contributed by atoms with van der Waals surface area (Å²) in [7, 11) is -3.72. The van der Waals surface area contributed by atoms with E-state index in [-0.39, 0.29) is 16.9 Å². The van der Waals surface area contributed by atoms with Crippen LogP contribution >= 0.6 is 0 Å². The molecule has 1 amide bonds. The van der Waals surface area contributed by atoms with Gasteiger partial charge in [0.15, 0.2) is 0 Å². The number of sulfonamides is 1. The maximum atomic E-state index is 13.1. The highest BCUT2D eigenvalue weighted by molar-refractivity contribution is 7.92. The number of rotatable bonds is 9. The first-order valence-corrected chi connectivity index (χ1v) is 12.7. The summed E-state index contributed by atoms with van der Waals surface area (Å²) in [6, 6.07) is 22.0. The van der Waals surface area contributed by atoms with Crippen molar-refractivity contribution in [3.8, 4) is 5.75 Å². The van der Waals surface area contributed by atoms with Crippen LogP contribution in [0.5, 0.6) is 5.75 Å². The summed E-state index contributed by atoms with van der Waals surface area (Å²) in [5.41, 5.74) is 1.58. The Bertz CT molecular complexity index is 1190. The number of benzene rings is 3. The van der Waals surface area contributed by atoms with E-state index in [0.717, 1.165) is 19.4 Å². The summed E-state index contributed by atoms with van der Waals surface area (Å²) < 4.78 is 38.8. The van der Waals surface area contributed by atoms with E-state index in [9.17, 15) is 13.2 Å². The molecule has 8 heteroatoms. The zero-order chi connectivity index (χ0) is 24.0. The Kier molecular flexibility index (Phi) is 7.49. The molecule has 1 saturated heterocycles. The maximum absolute atomic E-state index is 13.1. The van der Waals surface area contributed by atoms with Gasteiger partial charge in [-0.2, -0.15) is 0 Å². The number of hydrogen-bond acceptors (Lipinski definition) is 5. The first-order valence-electron chi connectivity index (χ1n) is 11.3. The van der Waals surface area contributed by atoms with Gasteiger partial charge in [-0.1, -0.05) is 18.2 Å². The molecular formula is C26H28N2O5S. The van der Waals surface area contributed by atoms with Crippen LogP contribution in [0.25, 0.3) is 0 Å². The van der Waals surface area contributed by atoms with E-state index in [1.54, 1.807) is 67.6 Å². The van der Waals surface area contributed by atoms with E-state index in [2.05, 4.69) is 5.32 Å². The van der Waals surface area contributed by atoms with Crippen molar-refractivity contribution in [2.75, 3.05) is 29.4 Å². The van der Waals surface area contributed by atoms with Crippen LogP contribution in [0.15, 0.2) is 83.8 Å². The fourth-order valence-electron chi connectivity index (χ4n) is 3.79. The quantitative estimate of drug-likeness (QED) is 0.479.